The van der Waals surface area contributed by atoms with Gasteiger partial charge in [0.25, 0.3) is 5.91 Å². The second-order valence-electron chi connectivity index (χ2n) is 7.15. The van der Waals surface area contributed by atoms with Gasteiger partial charge < -0.3 is 10.0 Å². The molecule has 1 N–H and O–H groups in total. The first-order chi connectivity index (χ1) is 10.8. The Labute approximate surface area is 137 Å². The molecule has 0 aliphatic carbocycles. The van der Waals surface area contributed by atoms with Gasteiger partial charge in [-0.1, -0.05) is 20.8 Å². The maximum Gasteiger partial charge on any atom is 0.406 e. The summed E-state index contributed by atoms with van der Waals surface area (Å²) in [6.07, 6.45) is -5.57. The van der Waals surface area contributed by atoms with Crippen molar-refractivity contribution in [1.29, 1.82) is 0 Å². The molecule has 0 radical (unpaired) electrons. The molecule has 1 aliphatic rings. The van der Waals surface area contributed by atoms with Crippen LogP contribution in [0.4, 0.5) is 13.2 Å². The highest BCUT2D eigenvalue weighted by molar-refractivity contribution is 5.93. The Balaban J connectivity index is 2.30. The fourth-order valence-electron chi connectivity index (χ4n) is 2.71. The minimum Gasteiger partial charge on any atom is -0.481 e. The van der Waals surface area contributed by atoms with Crippen molar-refractivity contribution in [2.75, 3.05) is 13.1 Å². The molecule has 134 valence electrons. The highest BCUT2D eigenvalue weighted by Gasteiger charge is 2.64. The molecule has 1 aromatic rings. The van der Waals surface area contributed by atoms with Crippen LogP contribution >= 0.6 is 0 Å². The number of aryl methyl sites for hydroxylation is 1. The molecule has 6 nitrogen and oxygen atoms in total. The topological polar surface area (TPSA) is 75.4 Å². The summed E-state index contributed by atoms with van der Waals surface area (Å²) in [5.74, 6) is -2.60. The molecule has 1 aromatic heterocycles. The van der Waals surface area contributed by atoms with Crippen LogP contribution in [0.1, 0.15) is 43.4 Å². The summed E-state index contributed by atoms with van der Waals surface area (Å²) in [4.78, 5) is 24.7. The number of halogens is 3. The van der Waals surface area contributed by atoms with Crippen LogP contribution in [0.25, 0.3) is 0 Å². The van der Waals surface area contributed by atoms with Gasteiger partial charge in [-0.25, -0.2) is 0 Å². The van der Waals surface area contributed by atoms with E-state index < -0.39 is 36.4 Å². The van der Waals surface area contributed by atoms with Crippen molar-refractivity contribution in [3.63, 3.8) is 0 Å². The van der Waals surface area contributed by atoms with Crippen LogP contribution in [-0.4, -0.2) is 50.9 Å². The van der Waals surface area contributed by atoms with E-state index in [9.17, 15) is 22.8 Å². The normalized spacial score (nSPS) is 22.0. The molecule has 1 saturated heterocycles. The van der Waals surface area contributed by atoms with Crippen LogP contribution in [0.3, 0.4) is 0 Å². The maximum absolute atomic E-state index is 13.2. The summed E-state index contributed by atoms with van der Waals surface area (Å²) in [6, 6.07) is 1.54. The summed E-state index contributed by atoms with van der Waals surface area (Å²) in [6.45, 7) is 4.55. The first kappa shape index (κ1) is 18.3. The lowest BCUT2D eigenvalue weighted by Gasteiger charge is -2.27. The second-order valence-corrected chi connectivity index (χ2v) is 7.15. The molecule has 2 heterocycles. The molecule has 1 atom stereocenters. The SMILES string of the molecule is Cn1nc(C(C)(C)C)cc1C(=O)N1CCC(C(=O)O)(C(F)(F)F)C1. The molecule has 0 aromatic carbocycles. The third-order valence-corrected chi connectivity index (χ3v) is 4.38. The molecule has 9 heteroatoms. The molecule has 1 amide bonds. The largest absolute Gasteiger partial charge is 0.481 e. The standard InChI is InChI=1S/C15H20F3N3O3/c1-13(2,3)10-7-9(20(4)19-10)11(22)21-6-5-14(8-21,12(23)24)15(16,17)18/h7H,5-6,8H2,1-4H3,(H,23,24). The molecule has 0 spiro atoms. The number of carbonyl (C=O) groups is 2. The van der Waals surface area contributed by atoms with Crippen LogP contribution in [0.2, 0.25) is 0 Å². The van der Waals surface area contributed by atoms with E-state index in [4.69, 9.17) is 5.11 Å². The number of amides is 1. The maximum atomic E-state index is 13.2. The van der Waals surface area contributed by atoms with E-state index in [0.29, 0.717) is 5.69 Å². The summed E-state index contributed by atoms with van der Waals surface area (Å²) in [5, 5.41) is 13.3. The summed E-state index contributed by atoms with van der Waals surface area (Å²) in [7, 11) is 1.53. The minimum atomic E-state index is -4.92. The van der Waals surface area contributed by atoms with E-state index in [1.807, 2.05) is 20.8 Å². The zero-order chi connectivity index (χ0) is 18.5. The van der Waals surface area contributed by atoms with Crippen molar-refractivity contribution in [3.05, 3.63) is 17.5 Å². The zero-order valence-electron chi connectivity index (χ0n) is 13.9. The van der Waals surface area contributed by atoms with Gasteiger partial charge >= 0.3 is 12.1 Å². The fraction of sp³-hybridized carbons (Fsp3) is 0.667. The highest BCUT2D eigenvalue weighted by atomic mass is 19.4. The van der Waals surface area contributed by atoms with Gasteiger partial charge in [-0.3, -0.25) is 14.3 Å². The number of hydrogen-bond donors (Lipinski definition) is 1. The van der Waals surface area contributed by atoms with Gasteiger partial charge in [0.1, 0.15) is 5.69 Å². The number of nitrogens with zero attached hydrogens (tertiary/aromatic N) is 3. The third-order valence-electron chi connectivity index (χ3n) is 4.38. The predicted octanol–water partition coefficient (Wildman–Crippen LogP) is 2.20. The van der Waals surface area contributed by atoms with Crippen LogP contribution in [0.5, 0.6) is 0 Å². The van der Waals surface area contributed by atoms with Gasteiger partial charge in [0, 0.05) is 25.6 Å². The smallest absolute Gasteiger partial charge is 0.406 e. The van der Waals surface area contributed by atoms with E-state index in [0.717, 1.165) is 4.90 Å². The number of hydrogen-bond acceptors (Lipinski definition) is 3. The summed E-state index contributed by atoms with van der Waals surface area (Å²) >= 11 is 0. The van der Waals surface area contributed by atoms with Crippen molar-refractivity contribution in [1.82, 2.24) is 14.7 Å². The summed E-state index contributed by atoms with van der Waals surface area (Å²) in [5.41, 5.74) is -2.46. The van der Waals surface area contributed by atoms with Crippen molar-refractivity contribution < 1.29 is 27.9 Å². The number of carbonyl (C=O) groups excluding carboxylic acids is 1. The number of alkyl halides is 3. The molecule has 24 heavy (non-hydrogen) atoms. The lowest BCUT2D eigenvalue weighted by atomic mass is 9.86. The molecule has 0 saturated carbocycles. The number of carboxylic acid groups (broad SMARTS) is 1. The first-order valence-corrected chi connectivity index (χ1v) is 7.43. The number of aromatic nitrogens is 2. The molecular formula is C15H20F3N3O3. The molecule has 1 unspecified atom stereocenters. The Morgan fingerprint density at radius 2 is 1.88 bits per heavy atom. The molecule has 1 aliphatic heterocycles. The van der Waals surface area contributed by atoms with E-state index in [1.165, 1.54) is 17.8 Å². The third kappa shape index (κ3) is 2.87. The number of rotatable bonds is 2. The molecule has 1 fully saturated rings. The quantitative estimate of drug-likeness (QED) is 0.890. The first-order valence-electron chi connectivity index (χ1n) is 7.43. The molecular weight excluding hydrogens is 327 g/mol. The van der Waals surface area contributed by atoms with Crippen LogP contribution in [-0.2, 0) is 17.3 Å². The number of aliphatic carboxylic acids is 1. The average molecular weight is 347 g/mol. The Morgan fingerprint density at radius 3 is 2.25 bits per heavy atom. The van der Waals surface area contributed by atoms with Crippen LogP contribution < -0.4 is 0 Å². The Bertz CT molecular complexity index is 676. The van der Waals surface area contributed by atoms with Gasteiger partial charge in [-0.05, 0) is 12.5 Å². The van der Waals surface area contributed by atoms with Gasteiger partial charge in [-0.15, -0.1) is 0 Å². The van der Waals surface area contributed by atoms with Crippen molar-refractivity contribution >= 4 is 11.9 Å². The van der Waals surface area contributed by atoms with Crippen LogP contribution in [0.15, 0.2) is 6.07 Å². The average Bonchev–Trinajstić information content (AvgIpc) is 3.00. The highest BCUT2D eigenvalue weighted by Crippen LogP contribution is 2.46. The Morgan fingerprint density at radius 1 is 1.29 bits per heavy atom. The molecule has 2 rings (SSSR count). The summed E-state index contributed by atoms with van der Waals surface area (Å²) < 4.78 is 40.9. The fourth-order valence-corrected chi connectivity index (χ4v) is 2.71. The van der Waals surface area contributed by atoms with Gasteiger partial charge in [-0.2, -0.15) is 18.3 Å². The van der Waals surface area contributed by atoms with Crippen molar-refractivity contribution in [2.24, 2.45) is 12.5 Å². The van der Waals surface area contributed by atoms with Gasteiger partial charge in [0.05, 0.1) is 5.69 Å². The van der Waals surface area contributed by atoms with E-state index in [1.54, 1.807) is 0 Å². The Kier molecular flexibility index (Phi) is 4.18. The lowest BCUT2D eigenvalue weighted by Crippen LogP contribution is -2.47. The predicted molar refractivity (Wildman–Crippen MR) is 78.6 cm³/mol. The van der Waals surface area contributed by atoms with Crippen LogP contribution in [0, 0.1) is 5.41 Å². The van der Waals surface area contributed by atoms with Crippen molar-refractivity contribution in [3.8, 4) is 0 Å². The van der Waals surface area contributed by atoms with Crippen molar-refractivity contribution in [2.45, 2.75) is 38.8 Å². The monoisotopic (exact) mass is 347 g/mol. The minimum absolute atomic E-state index is 0.142. The lowest BCUT2D eigenvalue weighted by molar-refractivity contribution is -0.227. The van der Waals surface area contributed by atoms with Gasteiger partial charge in [0.2, 0.25) is 0 Å². The number of likely N-dealkylation sites (tertiary alicyclic amines) is 1. The van der Waals surface area contributed by atoms with E-state index in [-0.39, 0.29) is 17.7 Å². The zero-order valence-corrected chi connectivity index (χ0v) is 13.9. The number of carboxylic acids is 1. The van der Waals surface area contributed by atoms with E-state index in [2.05, 4.69) is 5.10 Å². The second kappa shape index (κ2) is 5.49. The Hall–Kier alpha value is -2.06. The molecule has 0 bridgehead atoms. The van der Waals surface area contributed by atoms with Gasteiger partial charge in [0.15, 0.2) is 5.41 Å². The van der Waals surface area contributed by atoms with E-state index >= 15 is 0 Å².